The largest absolute Gasteiger partial charge is 0.481 e. The summed E-state index contributed by atoms with van der Waals surface area (Å²) in [7, 11) is -3.57. The van der Waals surface area contributed by atoms with Crippen LogP contribution in [0.15, 0.2) is 72.8 Å². The standard InChI is InChI=1S/C24H27O4P/c1-17(24(25)26)14-23(22-13-12-20-10-6-7-11-21(20)15-22)18(2)29(27,28)16-19-8-4-3-5-9-19/h3-13,15,17-18,23H,14,16H2,1-2H3,(H,25,26)(H,27,28). The van der Waals surface area contributed by atoms with Gasteiger partial charge in [0.15, 0.2) is 0 Å². The molecule has 0 bridgehead atoms. The third-order valence-corrected chi connectivity index (χ3v) is 8.15. The van der Waals surface area contributed by atoms with Crippen molar-refractivity contribution in [3.63, 3.8) is 0 Å². The van der Waals surface area contributed by atoms with Crippen molar-refractivity contribution in [1.82, 2.24) is 0 Å². The summed E-state index contributed by atoms with van der Waals surface area (Å²) in [6, 6.07) is 23.2. The lowest BCUT2D eigenvalue weighted by Gasteiger charge is -2.30. The molecule has 0 aromatic heterocycles. The molecular formula is C24H27O4P. The molecule has 0 fully saturated rings. The molecule has 0 aliphatic carbocycles. The van der Waals surface area contributed by atoms with Gasteiger partial charge in [-0.25, -0.2) is 0 Å². The SMILES string of the molecule is CC(CC(c1ccc2ccccc2c1)C(C)P(=O)(O)Cc1ccccc1)C(=O)O. The molecule has 0 heterocycles. The zero-order valence-corrected chi connectivity index (χ0v) is 17.6. The lowest BCUT2D eigenvalue weighted by molar-refractivity contribution is -0.141. The predicted octanol–water partition coefficient (Wildman–Crippen LogP) is 5.89. The monoisotopic (exact) mass is 410 g/mol. The predicted molar refractivity (Wildman–Crippen MR) is 118 cm³/mol. The molecule has 3 aromatic carbocycles. The van der Waals surface area contributed by atoms with Crippen LogP contribution in [0, 0.1) is 5.92 Å². The normalized spacial score (nSPS) is 16.7. The van der Waals surface area contributed by atoms with Crippen LogP contribution in [-0.2, 0) is 15.5 Å². The van der Waals surface area contributed by atoms with Crippen LogP contribution in [0.1, 0.15) is 37.3 Å². The first-order chi connectivity index (χ1) is 13.8. The highest BCUT2D eigenvalue weighted by Gasteiger charge is 2.36. The van der Waals surface area contributed by atoms with Crippen LogP contribution >= 0.6 is 7.37 Å². The fourth-order valence-electron chi connectivity index (χ4n) is 3.80. The molecule has 0 saturated heterocycles. The molecule has 4 nitrogen and oxygen atoms in total. The van der Waals surface area contributed by atoms with Crippen molar-refractivity contribution in [1.29, 1.82) is 0 Å². The van der Waals surface area contributed by atoms with E-state index in [1.54, 1.807) is 13.8 Å². The van der Waals surface area contributed by atoms with Crippen molar-refractivity contribution in [2.24, 2.45) is 5.92 Å². The molecule has 3 aromatic rings. The summed E-state index contributed by atoms with van der Waals surface area (Å²) in [5.74, 6) is -1.82. The van der Waals surface area contributed by atoms with Gasteiger partial charge in [0.1, 0.15) is 0 Å². The van der Waals surface area contributed by atoms with E-state index in [-0.39, 0.29) is 12.1 Å². The zero-order valence-electron chi connectivity index (χ0n) is 16.7. The van der Waals surface area contributed by atoms with Gasteiger partial charge in [0.05, 0.1) is 5.92 Å². The van der Waals surface area contributed by atoms with E-state index in [2.05, 4.69) is 0 Å². The van der Waals surface area contributed by atoms with E-state index in [0.717, 1.165) is 21.9 Å². The molecule has 29 heavy (non-hydrogen) atoms. The van der Waals surface area contributed by atoms with E-state index < -0.39 is 24.9 Å². The lowest BCUT2D eigenvalue weighted by Crippen LogP contribution is -2.22. The van der Waals surface area contributed by atoms with E-state index >= 15 is 0 Å². The Morgan fingerprint density at radius 1 is 0.931 bits per heavy atom. The number of carbonyl (C=O) groups is 1. The molecule has 2 N–H and O–H groups in total. The van der Waals surface area contributed by atoms with E-state index in [1.807, 2.05) is 72.8 Å². The van der Waals surface area contributed by atoms with E-state index in [1.165, 1.54) is 0 Å². The Morgan fingerprint density at radius 3 is 2.21 bits per heavy atom. The van der Waals surface area contributed by atoms with Gasteiger partial charge in [0.25, 0.3) is 0 Å². The Hall–Kier alpha value is -2.42. The average molecular weight is 410 g/mol. The zero-order chi connectivity index (χ0) is 21.0. The van der Waals surface area contributed by atoms with Crippen LogP contribution in [0.3, 0.4) is 0 Å². The van der Waals surface area contributed by atoms with Gasteiger partial charge in [-0.05, 0) is 34.2 Å². The molecule has 0 amide bonds. The molecular weight excluding hydrogens is 383 g/mol. The van der Waals surface area contributed by atoms with Crippen molar-refractivity contribution in [3.8, 4) is 0 Å². The van der Waals surface area contributed by atoms with Gasteiger partial charge in [-0.15, -0.1) is 0 Å². The number of rotatable bonds is 8. The topological polar surface area (TPSA) is 74.6 Å². The van der Waals surface area contributed by atoms with Crippen LogP contribution in [-0.4, -0.2) is 21.6 Å². The maximum absolute atomic E-state index is 13.3. The fraction of sp³-hybridized carbons (Fsp3) is 0.292. The van der Waals surface area contributed by atoms with Gasteiger partial charge < -0.3 is 10.00 Å². The van der Waals surface area contributed by atoms with Crippen molar-refractivity contribution >= 4 is 24.1 Å². The summed E-state index contributed by atoms with van der Waals surface area (Å²) in [5, 5.41) is 11.6. The highest BCUT2D eigenvalue weighted by molar-refractivity contribution is 7.58. The Labute approximate surface area is 171 Å². The van der Waals surface area contributed by atoms with E-state index in [9.17, 15) is 19.4 Å². The van der Waals surface area contributed by atoms with Crippen LogP contribution in [0.4, 0.5) is 0 Å². The first-order valence-corrected chi connectivity index (χ1v) is 11.8. The van der Waals surface area contributed by atoms with Gasteiger partial charge in [0.2, 0.25) is 7.37 Å². The smallest absolute Gasteiger partial charge is 0.306 e. The molecule has 4 unspecified atom stereocenters. The molecule has 0 radical (unpaired) electrons. The summed E-state index contributed by atoms with van der Waals surface area (Å²) in [6.45, 7) is 3.43. The lowest BCUT2D eigenvalue weighted by atomic mass is 9.86. The average Bonchev–Trinajstić information content (AvgIpc) is 2.71. The van der Waals surface area contributed by atoms with Crippen molar-refractivity contribution < 1.29 is 19.4 Å². The molecule has 0 spiro atoms. The summed E-state index contributed by atoms with van der Waals surface area (Å²) in [5.41, 5.74) is 1.16. The number of carboxylic acid groups (broad SMARTS) is 1. The van der Waals surface area contributed by atoms with Gasteiger partial charge in [-0.2, -0.15) is 0 Å². The third-order valence-electron chi connectivity index (χ3n) is 5.70. The summed E-state index contributed by atoms with van der Waals surface area (Å²) >= 11 is 0. The second kappa shape index (κ2) is 8.94. The molecule has 152 valence electrons. The minimum Gasteiger partial charge on any atom is -0.481 e. The fourth-order valence-corrected chi connectivity index (χ4v) is 5.68. The Morgan fingerprint density at radius 2 is 1.55 bits per heavy atom. The van der Waals surface area contributed by atoms with E-state index in [0.29, 0.717) is 6.42 Å². The minimum atomic E-state index is -3.57. The molecule has 0 aliphatic rings. The number of fused-ring (bicyclic) bond motifs is 1. The second-order valence-electron chi connectivity index (χ2n) is 7.83. The number of hydrogen-bond acceptors (Lipinski definition) is 2. The maximum atomic E-state index is 13.3. The van der Waals surface area contributed by atoms with Gasteiger partial charge in [-0.3, -0.25) is 9.36 Å². The Kier molecular flexibility index (Phi) is 6.56. The molecule has 0 aliphatic heterocycles. The van der Waals surface area contributed by atoms with Crippen molar-refractivity contribution in [2.45, 2.75) is 38.0 Å². The van der Waals surface area contributed by atoms with Crippen LogP contribution in [0.5, 0.6) is 0 Å². The Bertz CT molecular complexity index is 1030. The summed E-state index contributed by atoms with van der Waals surface area (Å²) in [6.07, 6.45) is 0.398. The quantitative estimate of drug-likeness (QED) is 0.454. The highest BCUT2D eigenvalue weighted by Crippen LogP contribution is 2.55. The Balaban J connectivity index is 1.96. The van der Waals surface area contributed by atoms with E-state index in [4.69, 9.17) is 0 Å². The molecule has 4 atom stereocenters. The van der Waals surface area contributed by atoms with Gasteiger partial charge >= 0.3 is 5.97 Å². The van der Waals surface area contributed by atoms with Crippen molar-refractivity contribution in [2.75, 3.05) is 0 Å². The number of benzene rings is 3. The molecule has 0 saturated carbocycles. The summed E-state index contributed by atoms with van der Waals surface area (Å²) < 4.78 is 13.3. The third kappa shape index (κ3) is 5.14. The number of aliphatic carboxylic acids is 1. The van der Waals surface area contributed by atoms with Crippen LogP contribution in [0.2, 0.25) is 0 Å². The number of carboxylic acids is 1. The molecule has 3 rings (SSSR count). The van der Waals surface area contributed by atoms with Crippen LogP contribution < -0.4 is 0 Å². The summed E-state index contributed by atoms with van der Waals surface area (Å²) in [4.78, 5) is 22.5. The van der Waals surface area contributed by atoms with Gasteiger partial charge in [0, 0.05) is 11.8 Å². The minimum absolute atomic E-state index is 0.0839. The second-order valence-corrected chi connectivity index (χ2v) is 10.5. The number of hydrogen-bond donors (Lipinski definition) is 2. The highest BCUT2D eigenvalue weighted by atomic mass is 31.2. The van der Waals surface area contributed by atoms with Crippen molar-refractivity contribution in [3.05, 3.63) is 83.9 Å². The van der Waals surface area contributed by atoms with Crippen LogP contribution in [0.25, 0.3) is 10.8 Å². The molecule has 5 heteroatoms. The first-order valence-electron chi connectivity index (χ1n) is 9.85. The maximum Gasteiger partial charge on any atom is 0.306 e. The van der Waals surface area contributed by atoms with Gasteiger partial charge in [-0.1, -0.05) is 86.6 Å². The first kappa shape index (κ1) is 21.3.